The molecule has 0 fully saturated rings. The molecule has 1 heterocycles. The molecule has 37 heavy (non-hydrogen) atoms. The average Bonchev–Trinajstić information content (AvgIpc) is 3.36. The number of anilines is 2. The molecular weight excluding hydrogens is 618 g/mol. The van der Waals surface area contributed by atoms with E-state index >= 15 is 0 Å². The van der Waals surface area contributed by atoms with E-state index in [1.807, 2.05) is 65.7 Å². The Morgan fingerprint density at radius 2 is 1.62 bits per heavy atom. The smallest absolute Gasteiger partial charge is 0.263 e. The van der Waals surface area contributed by atoms with Gasteiger partial charge in [0, 0.05) is 26.6 Å². The number of rotatable bonds is 7. The Labute approximate surface area is 233 Å². The highest BCUT2D eigenvalue weighted by Gasteiger charge is 2.31. The van der Waals surface area contributed by atoms with Crippen LogP contribution in [0.15, 0.2) is 116 Å². The molecule has 188 valence electrons. The van der Waals surface area contributed by atoms with Gasteiger partial charge in [-0.2, -0.15) is 5.10 Å². The van der Waals surface area contributed by atoms with E-state index in [1.165, 1.54) is 0 Å². The zero-order valence-electron chi connectivity index (χ0n) is 19.8. The van der Waals surface area contributed by atoms with Gasteiger partial charge in [-0.25, -0.2) is 8.42 Å². The zero-order valence-corrected chi connectivity index (χ0v) is 23.8. The van der Waals surface area contributed by atoms with E-state index in [2.05, 4.69) is 42.6 Å². The molecule has 5 rings (SSSR count). The van der Waals surface area contributed by atoms with Crippen LogP contribution in [0.25, 0.3) is 0 Å². The third kappa shape index (κ3) is 5.44. The summed E-state index contributed by atoms with van der Waals surface area (Å²) in [5.41, 5.74) is 4.33. The van der Waals surface area contributed by atoms with Gasteiger partial charge < -0.3 is 4.74 Å². The maximum absolute atomic E-state index is 13.0. The Balaban J connectivity index is 1.43. The fraction of sp³-hybridized carbons (Fsp3) is 0.107. The Hall–Kier alpha value is -3.14. The number of hydrazone groups is 1. The summed E-state index contributed by atoms with van der Waals surface area (Å²) in [5.74, 6) is 0.813. The number of methoxy groups -OCH3 is 1. The van der Waals surface area contributed by atoms with E-state index in [0.717, 1.165) is 28.3 Å². The minimum Gasteiger partial charge on any atom is -0.496 e. The number of hydrogen-bond donors (Lipinski definition) is 1. The summed E-state index contributed by atoms with van der Waals surface area (Å²) < 4.78 is 35.4. The van der Waals surface area contributed by atoms with Gasteiger partial charge in [0.1, 0.15) is 10.6 Å². The predicted octanol–water partition coefficient (Wildman–Crippen LogP) is 7.38. The maximum atomic E-state index is 13.0. The number of nitrogens with one attached hydrogen (secondary N) is 1. The minimum absolute atomic E-state index is 0.0411. The van der Waals surface area contributed by atoms with Crippen molar-refractivity contribution in [2.24, 2.45) is 5.10 Å². The van der Waals surface area contributed by atoms with Crippen LogP contribution in [0.4, 0.5) is 11.4 Å². The van der Waals surface area contributed by atoms with Crippen molar-refractivity contribution in [3.63, 3.8) is 0 Å². The van der Waals surface area contributed by atoms with Gasteiger partial charge in [-0.3, -0.25) is 9.73 Å². The minimum atomic E-state index is -3.77. The average molecular weight is 641 g/mol. The Bertz CT molecular complexity index is 1560. The number of hydrogen-bond acceptors (Lipinski definition) is 5. The molecule has 4 aromatic rings. The van der Waals surface area contributed by atoms with Crippen LogP contribution in [0.2, 0.25) is 0 Å². The molecule has 0 bridgehead atoms. The lowest BCUT2D eigenvalue weighted by Gasteiger charge is -2.25. The first-order valence-electron chi connectivity index (χ1n) is 11.5. The predicted molar refractivity (Wildman–Crippen MR) is 155 cm³/mol. The monoisotopic (exact) mass is 639 g/mol. The third-order valence-corrected chi connectivity index (χ3v) is 8.95. The number of nitrogens with zero attached hydrogens (tertiary/aromatic N) is 2. The van der Waals surface area contributed by atoms with Gasteiger partial charge in [0.25, 0.3) is 10.0 Å². The molecule has 0 radical (unpaired) electrons. The highest BCUT2D eigenvalue weighted by molar-refractivity contribution is 9.11. The first kappa shape index (κ1) is 25.5. The molecule has 0 saturated carbocycles. The molecule has 1 N–H and O–H groups in total. The Kier molecular flexibility index (Phi) is 7.37. The van der Waals surface area contributed by atoms with Crippen molar-refractivity contribution in [1.29, 1.82) is 0 Å². The second kappa shape index (κ2) is 10.7. The van der Waals surface area contributed by atoms with Gasteiger partial charge >= 0.3 is 0 Å². The summed E-state index contributed by atoms with van der Waals surface area (Å²) in [7, 11) is -2.10. The standard InChI is InChI=1S/C28H23Br2N3O3S/c1-36-27-10-6-5-9-23(27)26-18-25(31-33(26)22-7-3-2-4-8-22)19-11-14-21(15-12-19)32-37(34,35)28-17-20(29)13-16-24(28)30/h2-17,26,32H,18H2,1H3. The molecule has 1 atom stereocenters. The van der Waals surface area contributed by atoms with Crippen LogP contribution in [0.3, 0.4) is 0 Å². The lowest BCUT2D eigenvalue weighted by molar-refractivity contribution is 0.405. The van der Waals surface area contributed by atoms with Crippen molar-refractivity contribution in [2.45, 2.75) is 17.4 Å². The summed E-state index contributed by atoms with van der Waals surface area (Å²) in [4.78, 5) is 0.157. The Morgan fingerprint density at radius 3 is 2.35 bits per heavy atom. The van der Waals surface area contributed by atoms with Crippen molar-refractivity contribution in [2.75, 3.05) is 16.8 Å². The summed E-state index contributed by atoms with van der Waals surface area (Å²) in [6, 6.07) is 30.3. The molecular formula is C28H23Br2N3O3S. The summed E-state index contributed by atoms with van der Waals surface area (Å²) in [5, 5.41) is 7.00. The summed E-state index contributed by atoms with van der Waals surface area (Å²) in [6.45, 7) is 0. The zero-order chi connectivity index (χ0) is 26.0. The topological polar surface area (TPSA) is 71.0 Å². The van der Waals surface area contributed by atoms with Crippen LogP contribution in [0, 0.1) is 0 Å². The van der Waals surface area contributed by atoms with Gasteiger partial charge in [-0.1, -0.05) is 64.5 Å². The molecule has 4 aromatic carbocycles. The highest BCUT2D eigenvalue weighted by Crippen LogP contribution is 2.40. The molecule has 0 aliphatic carbocycles. The van der Waals surface area contributed by atoms with E-state index in [9.17, 15) is 8.42 Å². The second-order valence-corrected chi connectivity index (χ2v) is 11.9. The van der Waals surface area contributed by atoms with Gasteiger partial charge in [0.05, 0.1) is 24.6 Å². The van der Waals surface area contributed by atoms with Crippen LogP contribution < -0.4 is 14.5 Å². The second-order valence-electron chi connectivity index (χ2n) is 8.45. The SMILES string of the molecule is COc1ccccc1C1CC(c2ccc(NS(=O)(=O)c3cc(Br)ccc3Br)cc2)=NN1c1ccccc1. The first-order chi connectivity index (χ1) is 17.9. The summed E-state index contributed by atoms with van der Waals surface area (Å²) in [6.07, 6.45) is 0.672. The lowest BCUT2D eigenvalue weighted by atomic mass is 9.97. The number of ether oxygens (including phenoxy) is 1. The van der Waals surface area contributed by atoms with E-state index in [-0.39, 0.29) is 10.9 Å². The van der Waals surface area contributed by atoms with E-state index in [1.54, 1.807) is 37.4 Å². The third-order valence-electron chi connectivity index (χ3n) is 6.08. The van der Waals surface area contributed by atoms with Gasteiger partial charge in [-0.05, 0) is 70.0 Å². The normalized spacial score (nSPS) is 15.4. The van der Waals surface area contributed by atoms with Crippen molar-refractivity contribution in [3.05, 3.63) is 117 Å². The molecule has 0 spiro atoms. The van der Waals surface area contributed by atoms with E-state index in [0.29, 0.717) is 21.1 Å². The van der Waals surface area contributed by atoms with Gasteiger partial charge in [-0.15, -0.1) is 0 Å². The van der Waals surface area contributed by atoms with Crippen LogP contribution in [-0.4, -0.2) is 21.2 Å². The molecule has 0 aromatic heterocycles. The molecule has 0 amide bonds. The van der Waals surface area contributed by atoms with Gasteiger partial charge in [0.15, 0.2) is 0 Å². The molecule has 1 unspecified atom stereocenters. The maximum Gasteiger partial charge on any atom is 0.263 e. The van der Waals surface area contributed by atoms with E-state index in [4.69, 9.17) is 9.84 Å². The fourth-order valence-corrected chi connectivity index (χ4v) is 6.87. The van der Waals surface area contributed by atoms with Crippen LogP contribution in [-0.2, 0) is 10.0 Å². The van der Waals surface area contributed by atoms with Gasteiger partial charge in [0.2, 0.25) is 0 Å². The quantitative estimate of drug-likeness (QED) is 0.229. The molecule has 1 aliphatic rings. The lowest BCUT2D eigenvalue weighted by Crippen LogP contribution is -2.19. The molecule has 0 saturated heterocycles. The van der Waals surface area contributed by atoms with Crippen LogP contribution >= 0.6 is 31.9 Å². The van der Waals surface area contributed by atoms with Crippen molar-refractivity contribution < 1.29 is 13.2 Å². The molecule has 6 nitrogen and oxygen atoms in total. The van der Waals surface area contributed by atoms with Crippen LogP contribution in [0.1, 0.15) is 23.6 Å². The fourth-order valence-electron chi connectivity index (χ4n) is 4.31. The highest BCUT2D eigenvalue weighted by atomic mass is 79.9. The Morgan fingerprint density at radius 1 is 0.919 bits per heavy atom. The number of sulfonamides is 1. The summed E-state index contributed by atoms with van der Waals surface area (Å²) >= 11 is 6.66. The number of benzene rings is 4. The van der Waals surface area contributed by atoms with E-state index < -0.39 is 10.0 Å². The van der Waals surface area contributed by atoms with Crippen molar-refractivity contribution >= 4 is 59.0 Å². The largest absolute Gasteiger partial charge is 0.496 e. The van der Waals surface area contributed by atoms with Crippen molar-refractivity contribution in [3.8, 4) is 5.75 Å². The first-order valence-corrected chi connectivity index (χ1v) is 14.6. The number of halogens is 2. The number of para-hydroxylation sites is 2. The molecule has 1 aliphatic heterocycles. The van der Waals surface area contributed by atoms with Crippen LogP contribution in [0.5, 0.6) is 5.75 Å². The molecule has 9 heteroatoms. The van der Waals surface area contributed by atoms with Crippen molar-refractivity contribution in [1.82, 2.24) is 0 Å².